The van der Waals surface area contributed by atoms with Gasteiger partial charge in [-0.25, -0.2) is 4.79 Å². The highest BCUT2D eigenvalue weighted by molar-refractivity contribution is 5.97. The molecule has 8 N–H and O–H groups in total. The van der Waals surface area contributed by atoms with Gasteiger partial charge in [0.1, 0.15) is 43.2 Å². The van der Waals surface area contributed by atoms with Crippen molar-refractivity contribution < 1.29 is 68.3 Å². The molecule has 0 unspecified atom stereocenters. The maximum atomic E-state index is 13.8. The predicted molar refractivity (Wildman–Crippen MR) is 246 cm³/mol. The number of ether oxygens (including phenoxy) is 7. The number of ketones is 1. The van der Waals surface area contributed by atoms with Crippen LogP contribution in [0.4, 0.5) is 4.79 Å². The van der Waals surface area contributed by atoms with Gasteiger partial charge in [-0.1, -0.05) is 108 Å². The van der Waals surface area contributed by atoms with Crippen LogP contribution in [0.2, 0.25) is 0 Å². The summed E-state index contributed by atoms with van der Waals surface area (Å²) < 4.78 is 43.4. The molecule has 1 amide bonds. The Morgan fingerprint density at radius 3 is 2.09 bits per heavy atom. The molecule has 3 aromatic rings. The zero-order valence-corrected chi connectivity index (χ0v) is 38.5. The van der Waals surface area contributed by atoms with E-state index in [0.717, 1.165) is 11.1 Å². The minimum atomic E-state index is -1.75. The van der Waals surface area contributed by atoms with E-state index in [0.29, 0.717) is 18.4 Å². The number of hydrogen-bond acceptors (Lipinski definition) is 18. The minimum Gasteiger partial charge on any atom is -0.445 e. The number of nitrogens with one attached hydrogen (secondary N) is 1. The third-order valence-electron chi connectivity index (χ3n) is 13.0. The van der Waals surface area contributed by atoms with Crippen LogP contribution in [-0.2, 0) is 46.3 Å². The van der Waals surface area contributed by atoms with Crippen molar-refractivity contribution in [3.05, 3.63) is 129 Å². The molecule has 1 saturated carbocycles. The Morgan fingerprint density at radius 2 is 1.41 bits per heavy atom. The first-order valence-electron chi connectivity index (χ1n) is 23.3. The van der Waals surface area contributed by atoms with E-state index in [1.807, 2.05) is 73.7 Å². The molecular formula is C47H61N9O14. The van der Waals surface area contributed by atoms with E-state index in [1.165, 1.54) is 0 Å². The van der Waals surface area contributed by atoms with Crippen molar-refractivity contribution in [3.63, 3.8) is 0 Å². The number of aliphatic hydroxyl groups is 5. The second kappa shape index (κ2) is 25.2. The van der Waals surface area contributed by atoms with Crippen molar-refractivity contribution in [2.45, 2.75) is 137 Å². The van der Waals surface area contributed by atoms with Gasteiger partial charge in [-0.15, -0.1) is 0 Å². The predicted octanol–water partition coefficient (Wildman–Crippen LogP) is 2.57. The van der Waals surface area contributed by atoms with Crippen molar-refractivity contribution in [1.29, 1.82) is 0 Å². The fourth-order valence-electron chi connectivity index (χ4n) is 9.24. The number of benzene rings is 3. The van der Waals surface area contributed by atoms with Crippen molar-refractivity contribution in [1.82, 2.24) is 10.2 Å². The van der Waals surface area contributed by atoms with Crippen LogP contribution in [0.15, 0.2) is 101 Å². The average Bonchev–Trinajstić information content (AvgIpc) is 3.67. The summed E-state index contributed by atoms with van der Waals surface area (Å²) in [5.74, 6) is -0.587. The molecule has 4 aliphatic rings. The first-order chi connectivity index (χ1) is 33.9. The Morgan fingerprint density at radius 1 is 0.771 bits per heavy atom. The summed E-state index contributed by atoms with van der Waals surface area (Å²) in [6.45, 7) is 0.979. The van der Waals surface area contributed by atoms with Gasteiger partial charge in [-0.2, -0.15) is 0 Å². The standard InChI is InChI=1S/C47H61N9O14/c1-26-19-31(48)37(59)43(70-46-40(62)42(35(24-57)67-46)69-45-36(53-55-50)39(61)38(60)34(66-45)21-52-54-49)41(26)68-44-32(51-20-33(58)29-15-9-4-10-16-29)18-17-30(65-44)23-56(22-27-11-5-2-6-12-27)47(63)64-25-28-13-7-3-8-14-28/h2-16,26,30-32,34-46,51,57,59-62H,17-25,48H2,1H3/t26-,30-,31+,32+,34-,35+,36+,37-,38+,39+,40+,41+,42+,43+,44+,45+,46-/m0/s1. The van der Waals surface area contributed by atoms with Crippen LogP contribution >= 0.6 is 0 Å². The molecule has 0 bridgehead atoms. The maximum Gasteiger partial charge on any atom is 0.410 e. The van der Waals surface area contributed by atoms with E-state index >= 15 is 0 Å². The summed E-state index contributed by atoms with van der Waals surface area (Å²) in [6, 6.07) is 24.6. The number of azide groups is 2. The lowest BCUT2D eigenvalue weighted by Crippen LogP contribution is -2.62. The minimum absolute atomic E-state index is 0.0532. The smallest absolute Gasteiger partial charge is 0.410 e. The lowest BCUT2D eigenvalue weighted by molar-refractivity contribution is -0.296. The molecule has 70 heavy (non-hydrogen) atoms. The Labute approximate surface area is 403 Å². The van der Waals surface area contributed by atoms with E-state index < -0.39 is 123 Å². The first-order valence-corrected chi connectivity index (χ1v) is 23.3. The van der Waals surface area contributed by atoms with Crippen molar-refractivity contribution >= 4 is 11.9 Å². The van der Waals surface area contributed by atoms with Gasteiger partial charge in [0.25, 0.3) is 0 Å². The number of amides is 1. The van der Waals surface area contributed by atoms with Gasteiger partial charge in [0, 0.05) is 28.0 Å². The van der Waals surface area contributed by atoms with Crippen molar-refractivity contribution in [3.8, 4) is 0 Å². The Hall–Kier alpha value is -5.30. The Balaban J connectivity index is 1.11. The lowest BCUT2D eigenvalue weighted by Gasteiger charge is -2.46. The highest BCUT2D eigenvalue weighted by Crippen LogP contribution is 2.37. The zero-order valence-electron chi connectivity index (χ0n) is 38.5. The van der Waals surface area contributed by atoms with E-state index in [4.69, 9.17) is 44.4 Å². The molecule has 1 aliphatic carbocycles. The molecule has 3 aromatic carbocycles. The summed E-state index contributed by atoms with van der Waals surface area (Å²) in [5, 5.41) is 65.5. The summed E-state index contributed by atoms with van der Waals surface area (Å²) in [5.41, 5.74) is 26.8. The second-order valence-corrected chi connectivity index (χ2v) is 17.9. The molecule has 0 spiro atoms. The molecule has 23 heteroatoms. The number of carbonyl (C=O) groups is 2. The van der Waals surface area contributed by atoms with Crippen molar-refractivity contribution in [2.75, 3.05) is 26.2 Å². The molecule has 23 nitrogen and oxygen atoms in total. The first kappa shape index (κ1) is 52.5. The zero-order chi connectivity index (χ0) is 49.7. The fourth-order valence-corrected chi connectivity index (χ4v) is 9.24. The van der Waals surface area contributed by atoms with Crippen LogP contribution < -0.4 is 11.1 Å². The van der Waals surface area contributed by atoms with Gasteiger partial charge in [0.05, 0.1) is 62.8 Å². The molecule has 17 atom stereocenters. The Kier molecular flexibility index (Phi) is 18.9. The van der Waals surface area contributed by atoms with Gasteiger partial charge >= 0.3 is 6.09 Å². The fraction of sp³-hybridized carbons (Fsp3) is 0.574. The number of hydrogen-bond donors (Lipinski definition) is 7. The summed E-state index contributed by atoms with van der Waals surface area (Å²) in [4.78, 5) is 34.1. The largest absolute Gasteiger partial charge is 0.445 e. The third-order valence-corrected chi connectivity index (χ3v) is 13.0. The van der Waals surface area contributed by atoms with Crippen LogP contribution in [0.3, 0.4) is 0 Å². The van der Waals surface area contributed by atoms with E-state index in [2.05, 4.69) is 25.4 Å². The molecule has 4 fully saturated rings. The maximum absolute atomic E-state index is 13.8. The van der Waals surface area contributed by atoms with Crippen LogP contribution in [0.25, 0.3) is 20.9 Å². The number of nitrogens with zero attached hydrogens (tertiary/aromatic N) is 7. The number of nitrogens with two attached hydrogens (primary N) is 1. The number of rotatable bonds is 20. The van der Waals surface area contributed by atoms with Gasteiger partial charge < -0.3 is 74.6 Å². The van der Waals surface area contributed by atoms with Crippen molar-refractivity contribution in [2.24, 2.45) is 21.9 Å². The number of Topliss-reactive ketones (excluding diaryl/α,β-unsaturated/α-hetero) is 1. The summed E-state index contributed by atoms with van der Waals surface area (Å²) in [6.07, 6.45) is -17.3. The van der Waals surface area contributed by atoms with Gasteiger partial charge in [-0.05, 0) is 47.4 Å². The number of aliphatic hydroxyl groups excluding tert-OH is 5. The molecule has 0 radical (unpaired) electrons. The summed E-state index contributed by atoms with van der Waals surface area (Å²) in [7, 11) is 0. The molecule has 7 rings (SSSR count). The molecule has 378 valence electrons. The van der Waals surface area contributed by atoms with Gasteiger partial charge in [-0.3, -0.25) is 4.79 Å². The van der Waals surface area contributed by atoms with E-state index in [1.54, 1.807) is 29.2 Å². The van der Waals surface area contributed by atoms with E-state index in [-0.39, 0.29) is 38.4 Å². The lowest BCUT2D eigenvalue weighted by atomic mass is 9.80. The molecular weight excluding hydrogens is 915 g/mol. The van der Waals surface area contributed by atoms with Crippen LogP contribution in [0.5, 0.6) is 0 Å². The Bertz CT molecular complexity index is 2230. The van der Waals surface area contributed by atoms with Crippen LogP contribution in [0.1, 0.15) is 47.7 Å². The van der Waals surface area contributed by atoms with Crippen LogP contribution in [-0.4, -0.2) is 167 Å². The number of carbonyl (C=O) groups excluding carboxylic acids is 2. The van der Waals surface area contributed by atoms with E-state index in [9.17, 15) is 40.7 Å². The SMILES string of the molecule is C[C@H]1C[C@@H](N)[C@H](O)[C@@H](O[C@@H]2O[C@H](CO)[C@@H](O[C@H]3O[C@@H](CN=[N+]=[N-])[C@@H](O)[C@H](O)[C@H]3N=[N+]=[N-])[C@H]2O)[C@@H]1O[C@H]1O[C@H](CN(Cc2ccccc2)C(=O)OCc2ccccc2)CC[C@H]1NCC(=O)c1ccccc1. The highest BCUT2D eigenvalue weighted by Gasteiger charge is 2.54. The second-order valence-electron chi connectivity index (χ2n) is 17.9. The van der Waals surface area contributed by atoms with Gasteiger partial charge in [0.2, 0.25) is 0 Å². The molecule has 3 aliphatic heterocycles. The van der Waals surface area contributed by atoms with Crippen LogP contribution in [0, 0.1) is 5.92 Å². The topological polar surface area (TPSA) is 339 Å². The quantitative estimate of drug-likeness (QED) is 0.0370. The highest BCUT2D eigenvalue weighted by atomic mass is 16.8. The van der Waals surface area contributed by atoms with Gasteiger partial charge in [0.15, 0.2) is 24.7 Å². The summed E-state index contributed by atoms with van der Waals surface area (Å²) >= 11 is 0. The molecule has 3 saturated heterocycles. The monoisotopic (exact) mass is 975 g/mol. The molecule has 3 heterocycles. The average molecular weight is 976 g/mol. The normalized spacial score (nSPS) is 34.1. The third kappa shape index (κ3) is 13.2. The molecule has 0 aromatic heterocycles.